The molecule has 0 aromatic rings. The Labute approximate surface area is 150 Å². The SMILES string of the molecule is CCOC(=O)/C=C/CC[C@@H]1OC(C)(C)O[C@H]1CC/C=C/C(=O)OCC. The van der Waals surface area contributed by atoms with Gasteiger partial charge >= 0.3 is 11.9 Å². The highest BCUT2D eigenvalue weighted by molar-refractivity contribution is 5.82. The van der Waals surface area contributed by atoms with Crippen LogP contribution in [0.1, 0.15) is 53.4 Å². The molecule has 0 aromatic carbocycles. The summed E-state index contributed by atoms with van der Waals surface area (Å²) in [7, 11) is 0. The molecule has 0 saturated carbocycles. The molecule has 1 saturated heterocycles. The van der Waals surface area contributed by atoms with Crippen LogP contribution in [-0.2, 0) is 28.5 Å². The van der Waals surface area contributed by atoms with Gasteiger partial charge in [0.05, 0.1) is 25.4 Å². The van der Waals surface area contributed by atoms with E-state index in [1.807, 2.05) is 13.8 Å². The second kappa shape index (κ2) is 11.1. The van der Waals surface area contributed by atoms with Crippen molar-refractivity contribution in [2.24, 2.45) is 0 Å². The van der Waals surface area contributed by atoms with E-state index in [4.69, 9.17) is 18.9 Å². The number of hydrogen-bond acceptors (Lipinski definition) is 6. The maximum absolute atomic E-state index is 11.3. The van der Waals surface area contributed by atoms with Crippen molar-refractivity contribution in [2.75, 3.05) is 13.2 Å². The molecule has 0 bridgehead atoms. The summed E-state index contributed by atoms with van der Waals surface area (Å²) in [6.07, 6.45) is 9.32. The first-order valence-corrected chi connectivity index (χ1v) is 8.90. The monoisotopic (exact) mass is 354 g/mol. The fourth-order valence-corrected chi connectivity index (χ4v) is 2.66. The Morgan fingerprint density at radius 3 is 1.64 bits per heavy atom. The highest BCUT2D eigenvalue weighted by Crippen LogP contribution is 2.33. The van der Waals surface area contributed by atoms with Gasteiger partial charge < -0.3 is 18.9 Å². The predicted octanol–water partition coefficient (Wildman–Crippen LogP) is 3.31. The van der Waals surface area contributed by atoms with Crippen molar-refractivity contribution in [2.45, 2.75) is 71.4 Å². The lowest BCUT2D eigenvalue weighted by Gasteiger charge is -2.16. The minimum absolute atomic E-state index is 0.0437. The predicted molar refractivity (Wildman–Crippen MR) is 93.8 cm³/mol. The van der Waals surface area contributed by atoms with Gasteiger partial charge in [0.2, 0.25) is 0 Å². The minimum atomic E-state index is -0.620. The maximum Gasteiger partial charge on any atom is 0.330 e. The third-order valence-electron chi connectivity index (χ3n) is 3.60. The second-order valence-corrected chi connectivity index (χ2v) is 6.18. The highest BCUT2D eigenvalue weighted by atomic mass is 16.7. The number of allylic oxidation sites excluding steroid dienone is 2. The van der Waals surface area contributed by atoms with Crippen LogP contribution in [0, 0.1) is 0 Å². The molecule has 0 amide bonds. The molecule has 6 nitrogen and oxygen atoms in total. The van der Waals surface area contributed by atoms with Crippen LogP contribution in [0.25, 0.3) is 0 Å². The van der Waals surface area contributed by atoms with Gasteiger partial charge in [-0.25, -0.2) is 9.59 Å². The van der Waals surface area contributed by atoms with Gasteiger partial charge in [0.15, 0.2) is 5.79 Å². The van der Waals surface area contributed by atoms with Crippen molar-refractivity contribution in [3.8, 4) is 0 Å². The Balaban J connectivity index is 2.42. The maximum atomic E-state index is 11.3. The first-order valence-electron chi connectivity index (χ1n) is 8.90. The number of esters is 2. The highest BCUT2D eigenvalue weighted by Gasteiger charge is 2.39. The molecule has 0 spiro atoms. The van der Waals surface area contributed by atoms with E-state index in [0.717, 1.165) is 12.8 Å². The third-order valence-corrected chi connectivity index (χ3v) is 3.60. The molecule has 25 heavy (non-hydrogen) atoms. The summed E-state index contributed by atoms with van der Waals surface area (Å²) >= 11 is 0. The summed E-state index contributed by atoms with van der Waals surface area (Å²) in [4.78, 5) is 22.5. The van der Waals surface area contributed by atoms with E-state index in [1.165, 1.54) is 12.2 Å². The zero-order valence-corrected chi connectivity index (χ0v) is 15.7. The number of rotatable bonds is 10. The molecule has 0 radical (unpaired) electrons. The molecule has 2 atom stereocenters. The molecular formula is C19H30O6. The molecule has 0 N–H and O–H groups in total. The van der Waals surface area contributed by atoms with E-state index in [9.17, 15) is 9.59 Å². The zero-order chi connectivity index (χ0) is 18.7. The van der Waals surface area contributed by atoms with E-state index in [0.29, 0.717) is 26.1 Å². The molecular weight excluding hydrogens is 324 g/mol. The summed E-state index contributed by atoms with van der Waals surface area (Å²) in [6.45, 7) is 8.08. The van der Waals surface area contributed by atoms with Crippen LogP contribution < -0.4 is 0 Å². The van der Waals surface area contributed by atoms with Crippen molar-refractivity contribution < 1.29 is 28.5 Å². The zero-order valence-electron chi connectivity index (χ0n) is 15.7. The van der Waals surface area contributed by atoms with E-state index in [-0.39, 0.29) is 24.1 Å². The summed E-state index contributed by atoms with van der Waals surface area (Å²) in [5, 5.41) is 0. The summed E-state index contributed by atoms with van der Waals surface area (Å²) < 4.78 is 21.6. The summed E-state index contributed by atoms with van der Waals surface area (Å²) in [5.41, 5.74) is 0. The molecule has 1 aliphatic heterocycles. The van der Waals surface area contributed by atoms with Gasteiger partial charge in [-0.2, -0.15) is 0 Å². The lowest BCUT2D eigenvalue weighted by molar-refractivity contribution is -0.147. The van der Waals surface area contributed by atoms with Gasteiger partial charge in [-0.15, -0.1) is 0 Å². The average molecular weight is 354 g/mol. The summed E-state index contributed by atoms with van der Waals surface area (Å²) in [5.74, 6) is -1.27. The van der Waals surface area contributed by atoms with Crippen LogP contribution in [0.15, 0.2) is 24.3 Å². The van der Waals surface area contributed by atoms with Crippen LogP contribution in [0.2, 0.25) is 0 Å². The van der Waals surface area contributed by atoms with Crippen LogP contribution in [0.5, 0.6) is 0 Å². The topological polar surface area (TPSA) is 71.1 Å². The molecule has 1 heterocycles. The van der Waals surface area contributed by atoms with Crippen molar-refractivity contribution in [1.29, 1.82) is 0 Å². The molecule has 1 aliphatic rings. The third kappa shape index (κ3) is 8.84. The lowest BCUT2D eigenvalue weighted by atomic mass is 10.0. The Hall–Kier alpha value is -1.66. The van der Waals surface area contributed by atoms with Crippen molar-refractivity contribution in [3.63, 3.8) is 0 Å². The lowest BCUT2D eigenvalue weighted by Crippen LogP contribution is -2.22. The van der Waals surface area contributed by atoms with Gasteiger partial charge in [0.25, 0.3) is 0 Å². The summed E-state index contributed by atoms with van der Waals surface area (Å²) in [6, 6.07) is 0. The van der Waals surface area contributed by atoms with Crippen LogP contribution >= 0.6 is 0 Å². The number of carbonyl (C=O) groups excluding carboxylic acids is 2. The number of hydrogen-bond donors (Lipinski definition) is 0. The van der Waals surface area contributed by atoms with Crippen molar-refractivity contribution in [1.82, 2.24) is 0 Å². The molecule has 6 heteroatoms. The second-order valence-electron chi connectivity index (χ2n) is 6.18. The van der Waals surface area contributed by atoms with Crippen molar-refractivity contribution >= 4 is 11.9 Å². The van der Waals surface area contributed by atoms with E-state index in [2.05, 4.69) is 0 Å². The molecule has 1 rings (SSSR count). The normalized spacial score (nSPS) is 22.6. The number of carbonyl (C=O) groups is 2. The Kier molecular flexibility index (Phi) is 9.45. The Bertz CT molecular complexity index is 438. The molecule has 0 unspecified atom stereocenters. The Morgan fingerprint density at radius 2 is 1.28 bits per heavy atom. The van der Waals surface area contributed by atoms with E-state index >= 15 is 0 Å². The fourth-order valence-electron chi connectivity index (χ4n) is 2.66. The van der Waals surface area contributed by atoms with Gasteiger partial charge in [-0.3, -0.25) is 0 Å². The van der Waals surface area contributed by atoms with E-state index < -0.39 is 5.79 Å². The first-order chi connectivity index (χ1) is 11.9. The standard InChI is InChI=1S/C19H30O6/c1-5-22-17(20)13-9-7-11-15-16(25-19(3,4)24-15)12-8-10-14-18(21)23-6-2/h9-10,13-16H,5-8,11-12H2,1-4H3/b13-9+,14-10+/t15-,16-/m0/s1. The van der Waals surface area contributed by atoms with Crippen LogP contribution in [-0.4, -0.2) is 43.1 Å². The minimum Gasteiger partial charge on any atom is -0.463 e. The molecule has 0 aliphatic carbocycles. The molecule has 0 aromatic heterocycles. The van der Waals surface area contributed by atoms with Crippen LogP contribution in [0.3, 0.4) is 0 Å². The molecule has 142 valence electrons. The van der Waals surface area contributed by atoms with Crippen LogP contribution in [0.4, 0.5) is 0 Å². The first kappa shape index (κ1) is 21.4. The average Bonchev–Trinajstić information content (AvgIpc) is 2.83. The van der Waals surface area contributed by atoms with Gasteiger partial charge in [-0.1, -0.05) is 12.2 Å². The van der Waals surface area contributed by atoms with Crippen molar-refractivity contribution in [3.05, 3.63) is 24.3 Å². The van der Waals surface area contributed by atoms with Gasteiger partial charge in [0.1, 0.15) is 0 Å². The largest absolute Gasteiger partial charge is 0.463 e. The number of ether oxygens (including phenoxy) is 4. The van der Waals surface area contributed by atoms with Gasteiger partial charge in [-0.05, 0) is 53.4 Å². The van der Waals surface area contributed by atoms with E-state index in [1.54, 1.807) is 26.0 Å². The molecule has 1 fully saturated rings. The Morgan fingerprint density at radius 1 is 0.880 bits per heavy atom. The smallest absolute Gasteiger partial charge is 0.330 e. The fraction of sp³-hybridized carbons (Fsp3) is 0.684. The quantitative estimate of drug-likeness (QED) is 0.443. The van der Waals surface area contributed by atoms with Gasteiger partial charge in [0, 0.05) is 12.2 Å².